The third-order valence-corrected chi connectivity index (χ3v) is 3.52. The van der Waals surface area contributed by atoms with E-state index in [4.69, 9.17) is 9.52 Å². The summed E-state index contributed by atoms with van der Waals surface area (Å²) in [4.78, 5) is 5.98. The summed E-state index contributed by atoms with van der Waals surface area (Å²) in [5, 5.41) is 20.4. The molecule has 0 aliphatic rings. The van der Waals surface area contributed by atoms with Crippen molar-refractivity contribution in [1.82, 2.24) is 4.98 Å². The summed E-state index contributed by atoms with van der Waals surface area (Å²) in [6.07, 6.45) is 0. The number of oxazole rings is 1. The monoisotopic (exact) mass is 293 g/mol. The molecule has 5 heteroatoms. The molecule has 1 aromatic heterocycles. The number of nitrogens with zero attached hydrogens (tertiary/aromatic N) is 3. The van der Waals surface area contributed by atoms with Crippen LogP contribution in [0.25, 0.3) is 22.2 Å². The van der Waals surface area contributed by atoms with Gasteiger partial charge < -0.3 is 14.4 Å². The first-order valence-electron chi connectivity index (χ1n) is 6.95. The van der Waals surface area contributed by atoms with Gasteiger partial charge in [-0.05, 0) is 16.8 Å². The van der Waals surface area contributed by atoms with Crippen molar-refractivity contribution in [1.29, 1.82) is 5.26 Å². The second-order valence-electron chi connectivity index (χ2n) is 4.96. The van der Waals surface area contributed by atoms with Crippen molar-refractivity contribution in [3.63, 3.8) is 0 Å². The highest BCUT2D eigenvalue weighted by atomic mass is 16.4. The lowest BCUT2D eigenvalue weighted by Crippen LogP contribution is -2.21. The van der Waals surface area contributed by atoms with Gasteiger partial charge in [0.25, 0.3) is 0 Å². The van der Waals surface area contributed by atoms with E-state index in [1.54, 1.807) is 11.9 Å². The molecule has 0 aliphatic heterocycles. The van der Waals surface area contributed by atoms with Crippen molar-refractivity contribution in [3.8, 4) is 17.5 Å². The SMILES string of the molecule is CN(CCO)c1oc(-c2cccc3ccccc23)nc1C#N. The quantitative estimate of drug-likeness (QED) is 0.800. The van der Waals surface area contributed by atoms with Gasteiger partial charge in [0.2, 0.25) is 17.5 Å². The first kappa shape index (κ1) is 14.1. The molecule has 110 valence electrons. The van der Waals surface area contributed by atoms with E-state index in [0.717, 1.165) is 16.3 Å². The molecular formula is C17H15N3O2. The number of aromatic nitrogens is 1. The molecule has 0 fully saturated rings. The van der Waals surface area contributed by atoms with Crippen molar-refractivity contribution < 1.29 is 9.52 Å². The van der Waals surface area contributed by atoms with Crippen LogP contribution in [-0.4, -0.2) is 30.3 Å². The number of rotatable bonds is 4. The average Bonchev–Trinajstić information content (AvgIpc) is 2.99. The number of likely N-dealkylation sites (N-methyl/N-ethyl adjacent to an activating group) is 1. The Hall–Kier alpha value is -2.84. The summed E-state index contributed by atoms with van der Waals surface area (Å²) in [7, 11) is 1.75. The van der Waals surface area contributed by atoms with E-state index < -0.39 is 0 Å². The third-order valence-electron chi connectivity index (χ3n) is 3.52. The van der Waals surface area contributed by atoms with Gasteiger partial charge in [-0.1, -0.05) is 36.4 Å². The van der Waals surface area contributed by atoms with Crippen LogP contribution in [0.15, 0.2) is 46.9 Å². The molecule has 0 atom stereocenters. The zero-order valence-corrected chi connectivity index (χ0v) is 12.2. The molecule has 1 heterocycles. The molecule has 0 aliphatic carbocycles. The summed E-state index contributed by atoms with van der Waals surface area (Å²) in [5.41, 5.74) is 1.07. The molecule has 3 aromatic rings. The molecule has 0 amide bonds. The Labute approximate surface area is 128 Å². The summed E-state index contributed by atoms with van der Waals surface area (Å²) in [5.74, 6) is 0.785. The van der Waals surface area contributed by atoms with Crippen molar-refractivity contribution in [2.24, 2.45) is 0 Å². The van der Waals surface area contributed by atoms with Gasteiger partial charge in [-0.2, -0.15) is 10.2 Å². The summed E-state index contributed by atoms with van der Waals surface area (Å²) in [6, 6.07) is 15.9. The predicted octanol–water partition coefficient (Wildman–Crippen LogP) is 2.79. The number of fused-ring (bicyclic) bond motifs is 1. The van der Waals surface area contributed by atoms with Crippen LogP contribution >= 0.6 is 0 Å². The molecule has 0 unspecified atom stereocenters. The lowest BCUT2D eigenvalue weighted by atomic mass is 10.0. The van der Waals surface area contributed by atoms with E-state index in [0.29, 0.717) is 18.3 Å². The summed E-state index contributed by atoms with van der Waals surface area (Å²) < 4.78 is 5.80. The number of hydrogen-bond donors (Lipinski definition) is 1. The summed E-state index contributed by atoms with van der Waals surface area (Å²) >= 11 is 0. The molecule has 1 N–H and O–H groups in total. The van der Waals surface area contributed by atoms with Gasteiger partial charge in [-0.25, -0.2) is 0 Å². The fraction of sp³-hybridized carbons (Fsp3) is 0.176. The topological polar surface area (TPSA) is 73.3 Å². The molecule has 0 spiro atoms. The maximum atomic E-state index is 9.25. The second kappa shape index (κ2) is 5.88. The standard InChI is InChI=1S/C17H15N3O2/c1-20(9-10-21)17-15(11-18)19-16(22-17)14-8-4-6-12-5-2-3-7-13(12)14/h2-8,21H,9-10H2,1H3. The summed E-state index contributed by atoms with van der Waals surface area (Å²) in [6.45, 7) is 0.352. The molecule has 22 heavy (non-hydrogen) atoms. The second-order valence-corrected chi connectivity index (χ2v) is 4.96. The fourth-order valence-corrected chi connectivity index (χ4v) is 2.42. The van der Waals surface area contributed by atoms with E-state index in [9.17, 15) is 5.26 Å². The third kappa shape index (κ3) is 2.41. The minimum absolute atomic E-state index is 0.0222. The molecule has 0 saturated heterocycles. The maximum absolute atomic E-state index is 9.25. The van der Waals surface area contributed by atoms with Crippen molar-refractivity contribution in [2.75, 3.05) is 25.1 Å². The van der Waals surface area contributed by atoms with E-state index in [2.05, 4.69) is 4.98 Å². The van der Waals surface area contributed by atoms with Crippen LogP contribution in [0.2, 0.25) is 0 Å². The molecule has 0 saturated carbocycles. The minimum atomic E-state index is -0.0222. The highest BCUT2D eigenvalue weighted by Crippen LogP contribution is 2.32. The first-order valence-corrected chi connectivity index (χ1v) is 6.95. The van der Waals surface area contributed by atoms with E-state index in [-0.39, 0.29) is 12.3 Å². The number of anilines is 1. The largest absolute Gasteiger partial charge is 0.419 e. The van der Waals surface area contributed by atoms with Gasteiger partial charge in [-0.3, -0.25) is 0 Å². The lowest BCUT2D eigenvalue weighted by molar-refractivity contribution is 0.302. The van der Waals surface area contributed by atoms with Gasteiger partial charge in [0.1, 0.15) is 6.07 Å². The van der Waals surface area contributed by atoms with Crippen LogP contribution in [0.3, 0.4) is 0 Å². The molecular weight excluding hydrogens is 278 g/mol. The molecule has 2 aromatic carbocycles. The molecule has 5 nitrogen and oxygen atoms in total. The number of nitriles is 1. The highest BCUT2D eigenvalue weighted by molar-refractivity contribution is 5.94. The van der Waals surface area contributed by atoms with Crippen molar-refractivity contribution >= 4 is 16.7 Å². The van der Waals surface area contributed by atoms with Gasteiger partial charge in [-0.15, -0.1) is 0 Å². The Kier molecular flexibility index (Phi) is 3.77. The molecule has 3 rings (SSSR count). The normalized spacial score (nSPS) is 10.6. The fourth-order valence-electron chi connectivity index (χ4n) is 2.42. The Morgan fingerprint density at radius 3 is 2.77 bits per heavy atom. The van der Waals surface area contributed by atoms with Crippen LogP contribution in [-0.2, 0) is 0 Å². The number of aliphatic hydroxyl groups is 1. The van der Waals surface area contributed by atoms with Crippen molar-refractivity contribution in [2.45, 2.75) is 0 Å². The molecule has 0 bridgehead atoms. The maximum Gasteiger partial charge on any atom is 0.234 e. The zero-order valence-electron chi connectivity index (χ0n) is 12.2. The Balaban J connectivity index is 2.14. The zero-order chi connectivity index (χ0) is 15.5. The number of aliphatic hydroxyl groups excluding tert-OH is 1. The van der Waals surface area contributed by atoms with Crippen LogP contribution in [0.4, 0.5) is 5.88 Å². The Morgan fingerprint density at radius 2 is 2.00 bits per heavy atom. The smallest absolute Gasteiger partial charge is 0.234 e. The van der Waals surface area contributed by atoms with E-state index >= 15 is 0 Å². The minimum Gasteiger partial charge on any atom is -0.419 e. The first-order chi connectivity index (χ1) is 10.7. The van der Waals surface area contributed by atoms with Gasteiger partial charge in [0, 0.05) is 19.2 Å². The van der Waals surface area contributed by atoms with Gasteiger partial charge in [0.15, 0.2) is 0 Å². The van der Waals surface area contributed by atoms with Crippen LogP contribution < -0.4 is 4.90 Å². The Morgan fingerprint density at radius 1 is 1.23 bits per heavy atom. The lowest BCUT2D eigenvalue weighted by Gasteiger charge is -2.13. The van der Waals surface area contributed by atoms with Crippen LogP contribution in [0.5, 0.6) is 0 Å². The average molecular weight is 293 g/mol. The predicted molar refractivity (Wildman–Crippen MR) is 84.5 cm³/mol. The van der Waals surface area contributed by atoms with Crippen LogP contribution in [0, 0.1) is 11.3 Å². The number of hydrogen-bond acceptors (Lipinski definition) is 5. The highest BCUT2D eigenvalue weighted by Gasteiger charge is 2.18. The van der Waals surface area contributed by atoms with E-state index in [1.165, 1.54) is 0 Å². The van der Waals surface area contributed by atoms with Crippen LogP contribution in [0.1, 0.15) is 5.69 Å². The molecule has 0 radical (unpaired) electrons. The van der Waals surface area contributed by atoms with Crippen molar-refractivity contribution in [3.05, 3.63) is 48.2 Å². The van der Waals surface area contributed by atoms with Gasteiger partial charge >= 0.3 is 0 Å². The van der Waals surface area contributed by atoms with Gasteiger partial charge in [0.05, 0.1) is 6.61 Å². The number of benzene rings is 2. The Bertz CT molecular complexity index is 843. The van der Waals surface area contributed by atoms with E-state index in [1.807, 2.05) is 48.5 Å².